The first-order valence-electron chi connectivity index (χ1n) is 9.44. The van der Waals surface area contributed by atoms with E-state index in [0.29, 0.717) is 25.2 Å². The average molecular weight is 375 g/mol. The number of carbonyl (C=O) groups is 1. The molecule has 0 unspecified atom stereocenters. The molecular formula is C20H23F2N3O2. The van der Waals surface area contributed by atoms with Gasteiger partial charge in [-0.05, 0) is 43.4 Å². The molecule has 7 heteroatoms. The van der Waals surface area contributed by atoms with Gasteiger partial charge in [-0.25, -0.2) is 13.8 Å². The van der Waals surface area contributed by atoms with Crippen LogP contribution in [0, 0.1) is 17.6 Å². The predicted octanol–water partition coefficient (Wildman–Crippen LogP) is 3.13. The topological polar surface area (TPSA) is 47.4 Å². The number of carbonyl (C=O) groups excluding carboxylic acids is 1. The SMILES string of the molecule is O=C(C1CC1)N(Cc1nccn1Cc1ccc(F)c(F)c1)C[C@H]1CCCO1. The number of ether oxygens (including phenoxy) is 1. The molecule has 1 aromatic heterocycles. The second kappa shape index (κ2) is 7.76. The summed E-state index contributed by atoms with van der Waals surface area (Å²) in [4.78, 5) is 18.9. The lowest BCUT2D eigenvalue weighted by Gasteiger charge is -2.25. The Balaban J connectivity index is 1.48. The molecule has 144 valence electrons. The lowest BCUT2D eigenvalue weighted by atomic mass is 10.2. The Labute approximate surface area is 156 Å². The maximum atomic E-state index is 13.5. The Hall–Kier alpha value is -2.28. The molecule has 1 aliphatic heterocycles. The number of benzene rings is 1. The molecule has 4 rings (SSSR count). The van der Waals surface area contributed by atoms with Gasteiger partial charge >= 0.3 is 0 Å². The molecule has 2 fully saturated rings. The minimum atomic E-state index is -0.863. The summed E-state index contributed by atoms with van der Waals surface area (Å²) in [6.45, 7) is 2.10. The maximum Gasteiger partial charge on any atom is 0.226 e. The number of imidazole rings is 1. The molecule has 2 heterocycles. The number of aromatic nitrogens is 2. The van der Waals surface area contributed by atoms with Gasteiger partial charge in [0.15, 0.2) is 11.6 Å². The minimum Gasteiger partial charge on any atom is -0.376 e. The largest absolute Gasteiger partial charge is 0.376 e. The van der Waals surface area contributed by atoms with Crippen LogP contribution in [-0.4, -0.2) is 39.6 Å². The highest BCUT2D eigenvalue weighted by atomic mass is 19.2. The van der Waals surface area contributed by atoms with Crippen molar-refractivity contribution >= 4 is 5.91 Å². The highest BCUT2D eigenvalue weighted by Gasteiger charge is 2.35. The van der Waals surface area contributed by atoms with E-state index in [4.69, 9.17) is 4.74 Å². The summed E-state index contributed by atoms with van der Waals surface area (Å²) in [5.74, 6) is -0.707. The number of amides is 1. The molecule has 2 aliphatic rings. The van der Waals surface area contributed by atoms with Crippen molar-refractivity contribution in [2.75, 3.05) is 13.2 Å². The Morgan fingerprint density at radius 3 is 2.81 bits per heavy atom. The number of hydrogen-bond donors (Lipinski definition) is 0. The fourth-order valence-corrected chi connectivity index (χ4v) is 3.50. The zero-order valence-corrected chi connectivity index (χ0v) is 15.1. The van der Waals surface area contributed by atoms with Crippen LogP contribution in [0.1, 0.15) is 37.1 Å². The van der Waals surface area contributed by atoms with Gasteiger partial charge in [0, 0.05) is 38.0 Å². The number of halogens is 2. The lowest BCUT2D eigenvalue weighted by Crippen LogP contribution is -2.38. The van der Waals surface area contributed by atoms with Gasteiger partial charge < -0.3 is 14.2 Å². The van der Waals surface area contributed by atoms with Crippen LogP contribution in [0.15, 0.2) is 30.6 Å². The number of nitrogens with zero attached hydrogens (tertiary/aromatic N) is 3. The van der Waals surface area contributed by atoms with E-state index in [1.807, 2.05) is 9.47 Å². The molecule has 27 heavy (non-hydrogen) atoms. The first-order valence-corrected chi connectivity index (χ1v) is 9.44. The molecule has 2 aromatic rings. The summed E-state index contributed by atoms with van der Waals surface area (Å²) in [5, 5.41) is 0. The zero-order valence-electron chi connectivity index (χ0n) is 15.1. The van der Waals surface area contributed by atoms with E-state index >= 15 is 0 Å². The molecule has 0 radical (unpaired) electrons. The van der Waals surface area contributed by atoms with E-state index in [1.54, 1.807) is 18.5 Å². The van der Waals surface area contributed by atoms with Gasteiger partial charge in [-0.3, -0.25) is 4.79 Å². The molecule has 1 saturated carbocycles. The smallest absolute Gasteiger partial charge is 0.226 e. The van der Waals surface area contributed by atoms with Gasteiger partial charge in [-0.1, -0.05) is 6.07 Å². The van der Waals surface area contributed by atoms with E-state index in [1.165, 1.54) is 6.07 Å². The van der Waals surface area contributed by atoms with Crippen LogP contribution >= 0.6 is 0 Å². The molecule has 1 saturated heterocycles. The van der Waals surface area contributed by atoms with Crippen LogP contribution in [0.5, 0.6) is 0 Å². The molecule has 1 aliphatic carbocycles. The second-order valence-corrected chi connectivity index (χ2v) is 7.35. The van der Waals surface area contributed by atoms with E-state index < -0.39 is 11.6 Å². The van der Waals surface area contributed by atoms with Crippen LogP contribution in [0.4, 0.5) is 8.78 Å². The molecule has 1 atom stereocenters. The highest BCUT2D eigenvalue weighted by molar-refractivity contribution is 5.81. The van der Waals surface area contributed by atoms with Crippen LogP contribution < -0.4 is 0 Å². The fourth-order valence-electron chi connectivity index (χ4n) is 3.50. The van der Waals surface area contributed by atoms with Gasteiger partial charge in [-0.15, -0.1) is 0 Å². The van der Waals surface area contributed by atoms with E-state index in [9.17, 15) is 13.6 Å². The van der Waals surface area contributed by atoms with Crippen molar-refractivity contribution in [1.29, 1.82) is 0 Å². The monoisotopic (exact) mass is 375 g/mol. The first kappa shape index (κ1) is 18.1. The van der Waals surface area contributed by atoms with E-state index in [-0.39, 0.29) is 17.9 Å². The van der Waals surface area contributed by atoms with Gasteiger partial charge in [0.1, 0.15) is 5.82 Å². The lowest BCUT2D eigenvalue weighted by molar-refractivity contribution is -0.135. The average Bonchev–Trinajstić information content (AvgIpc) is 3.21. The third kappa shape index (κ3) is 4.35. The third-order valence-electron chi connectivity index (χ3n) is 5.16. The zero-order chi connectivity index (χ0) is 18.8. The van der Waals surface area contributed by atoms with Crippen LogP contribution in [0.3, 0.4) is 0 Å². The normalized spacial score (nSPS) is 19.4. The predicted molar refractivity (Wildman–Crippen MR) is 94.8 cm³/mol. The standard InChI is InChI=1S/C20H23F2N3O2/c21-17-6-3-14(10-18(17)22)11-24-8-7-23-19(24)13-25(20(26)15-4-5-15)12-16-2-1-9-27-16/h3,6-8,10,15-16H,1-2,4-5,9,11-13H2/t16-/m1/s1. The first-order chi connectivity index (χ1) is 13.1. The van der Waals surface area contributed by atoms with Gasteiger partial charge in [0.2, 0.25) is 5.91 Å². The summed E-state index contributed by atoms with van der Waals surface area (Å²) in [6, 6.07) is 3.88. The van der Waals surface area contributed by atoms with Crippen molar-refractivity contribution in [2.45, 2.75) is 44.9 Å². The maximum absolute atomic E-state index is 13.5. The Bertz CT molecular complexity index is 813. The molecule has 5 nitrogen and oxygen atoms in total. The highest BCUT2D eigenvalue weighted by Crippen LogP contribution is 2.32. The van der Waals surface area contributed by atoms with Crippen molar-refractivity contribution in [2.24, 2.45) is 5.92 Å². The van der Waals surface area contributed by atoms with Crippen molar-refractivity contribution < 1.29 is 18.3 Å². The Kier molecular flexibility index (Phi) is 5.20. The Morgan fingerprint density at radius 1 is 1.26 bits per heavy atom. The third-order valence-corrected chi connectivity index (χ3v) is 5.16. The second-order valence-electron chi connectivity index (χ2n) is 7.35. The van der Waals surface area contributed by atoms with Gasteiger partial charge in [-0.2, -0.15) is 0 Å². The summed E-state index contributed by atoms with van der Waals surface area (Å²) in [5.41, 5.74) is 0.646. The summed E-state index contributed by atoms with van der Waals surface area (Å²) >= 11 is 0. The fraction of sp³-hybridized carbons (Fsp3) is 0.500. The van der Waals surface area contributed by atoms with E-state index in [0.717, 1.165) is 44.2 Å². The summed E-state index contributed by atoms with van der Waals surface area (Å²) < 4.78 is 34.2. The van der Waals surface area contributed by atoms with Crippen molar-refractivity contribution in [3.05, 3.63) is 53.6 Å². The number of hydrogen-bond acceptors (Lipinski definition) is 3. The van der Waals surface area contributed by atoms with Crippen molar-refractivity contribution in [1.82, 2.24) is 14.5 Å². The van der Waals surface area contributed by atoms with Crippen LogP contribution in [-0.2, 0) is 22.6 Å². The molecule has 0 N–H and O–H groups in total. The molecule has 1 amide bonds. The molecular weight excluding hydrogens is 352 g/mol. The van der Waals surface area contributed by atoms with Gasteiger partial charge in [0.05, 0.1) is 12.6 Å². The van der Waals surface area contributed by atoms with Crippen molar-refractivity contribution in [3.63, 3.8) is 0 Å². The van der Waals surface area contributed by atoms with Crippen molar-refractivity contribution in [3.8, 4) is 0 Å². The van der Waals surface area contributed by atoms with Crippen LogP contribution in [0.25, 0.3) is 0 Å². The quantitative estimate of drug-likeness (QED) is 0.747. The molecule has 0 bridgehead atoms. The molecule has 1 aromatic carbocycles. The Morgan fingerprint density at radius 2 is 2.11 bits per heavy atom. The molecule has 0 spiro atoms. The van der Waals surface area contributed by atoms with Crippen LogP contribution in [0.2, 0.25) is 0 Å². The summed E-state index contributed by atoms with van der Waals surface area (Å²) in [6.07, 6.45) is 7.44. The van der Waals surface area contributed by atoms with E-state index in [2.05, 4.69) is 4.98 Å². The number of rotatable bonds is 7. The summed E-state index contributed by atoms with van der Waals surface area (Å²) in [7, 11) is 0. The van der Waals surface area contributed by atoms with Gasteiger partial charge in [0.25, 0.3) is 0 Å². The minimum absolute atomic E-state index is 0.0855.